The minimum atomic E-state index is -1.16. The van der Waals surface area contributed by atoms with E-state index in [-0.39, 0.29) is 6.42 Å². The number of benzene rings is 3. The maximum atomic E-state index is 12.1. The standard InChI is InChI=1S/C28H31NO6/c1-28(2,3)35-27(32)29-23(26(30)31)16-22-14-15-24(33-18-20-10-6-4-7-11-20)25(17-22)34-19-21-12-8-5-9-13-21/h4-15,17,23H,16,18-19H2,1-3H3,(H,29,32)(H,30,31)/t23-/m1/s1. The first kappa shape index (κ1) is 25.6. The summed E-state index contributed by atoms with van der Waals surface area (Å²) in [6.07, 6.45) is -0.733. The summed E-state index contributed by atoms with van der Waals surface area (Å²) < 4.78 is 17.3. The number of amides is 1. The maximum Gasteiger partial charge on any atom is 0.408 e. The number of carboxylic acids is 1. The Labute approximate surface area is 205 Å². The highest BCUT2D eigenvalue weighted by molar-refractivity contribution is 5.80. The van der Waals surface area contributed by atoms with E-state index in [1.807, 2.05) is 60.7 Å². The minimum absolute atomic E-state index is 0.0508. The molecule has 0 saturated heterocycles. The zero-order valence-electron chi connectivity index (χ0n) is 20.2. The Hall–Kier alpha value is -4.00. The molecule has 0 unspecified atom stereocenters. The van der Waals surface area contributed by atoms with E-state index in [2.05, 4.69) is 5.32 Å². The van der Waals surface area contributed by atoms with Crippen LogP contribution in [0, 0.1) is 0 Å². The molecular formula is C28H31NO6. The quantitative estimate of drug-likeness (QED) is 0.408. The number of carboxylic acid groups (broad SMARTS) is 1. The molecule has 1 amide bonds. The summed E-state index contributed by atoms with van der Waals surface area (Å²) >= 11 is 0. The third kappa shape index (κ3) is 8.70. The SMILES string of the molecule is CC(C)(C)OC(=O)N[C@H](Cc1ccc(OCc2ccccc2)c(OCc2ccccc2)c1)C(=O)O. The van der Waals surface area contributed by atoms with E-state index in [1.165, 1.54) is 0 Å². The lowest BCUT2D eigenvalue weighted by Gasteiger charge is -2.22. The molecule has 0 fully saturated rings. The Morgan fingerprint density at radius 1 is 0.800 bits per heavy atom. The van der Waals surface area contributed by atoms with Gasteiger partial charge in [-0.3, -0.25) is 0 Å². The third-order valence-corrected chi connectivity index (χ3v) is 4.91. The molecule has 0 aliphatic rings. The van der Waals surface area contributed by atoms with Crippen LogP contribution in [0.25, 0.3) is 0 Å². The van der Waals surface area contributed by atoms with Crippen molar-refractivity contribution in [2.75, 3.05) is 0 Å². The molecule has 0 spiro atoms. The first-order valence-corrected chi connectivity index (χ1v) is 11.4. The molecule has 3 rings (SSSR count). The molecule has 0 aromatic heterocycles. The minimum Gasteiger partial charge on any atom is -0.485 e. The molecule has 0 aliphatic carbocycles. The predicted molar refractivity (Wildman–Crippen MR) is 132 cm³/mol. The molecule has 0 heterocycles. The van der Waals surface area contributed by atoms with Crippen molar-refractivity contribution < 1.29 is 28.9 Å². The second-order valence-electron chi connectivity index (χ2n) is 9.07. The Balaban J connectivity index is 1.77. The van der Waals surface area contributed by atoms with Crippen molar-refractivity contribution in [1.82, 2.24) is 5.32 Å². The average molecular weight is 478 g/mol. The molecule has 35 heavy (non-hydrogen) atoms. The number of rotatable bonds is 10. The molecule has 0 radical (unpaired) electrons. The summed E-state index contributed by atoms with van der Waals surface area (Å²) in [6, 6.07) is 23.6. The Kier molecular flexibility index (Phi) is 8.73. The molecule has 0 saturated carbocycles. The molecule has 7 nitrogen and oxygen atoms in total. The first-order chi connectivity index (χ1) is 16.7. The zero-order chi connectivity index (χ0) is 25.3. The summed E-state index contributed by atoms with van der Waals surface area (Å²) in [5, 5.41) is 12.1. The molecule has 7 heteroatoms. The lowest BCUT2D eigenvalue weighted by atomic mass is 10.1. The number of hydrogen-bond acceptors (Lipinski definition) is 5. The van der Waals surface area contributed by atoms with Gasteiger partial charge in [0.2, 0.25) is 0 Å². The van der Waals surface area contributed by atoms with Crippen molar-refractivity contribution in [3.8, 4) is 11.5 Å². The number of carbonyl (C=O) groups is 2. The number of alkyl carbamates (subject to hydrolysis) is 1. The van der Waals surface area contributed by atoms with Gasteiger partial charge in [-0.1, -0.05) is 66.7 Å². The summed E-state index contributed by atoms with van der Waals surface area (Å²) in [5.74, 6) is -0.129. The molecule has 3 aromatic carbocycles. The summed E-state index contributed by atoms with van der Waals surface area (Å²) in [5.41, 5.74) is 1.94. The fourth-order valence-electron chi connectivity index (χ4n) is 3.27. The van der Waals surface area contributed by atoms with Crippen LogP contribution in [0.5, 0.6) is 11.5 Å². The van der Waals surface area contributed by atoms with Crippen LogP contribution in [0.1, 0.15) is 37.5 Å². The van der Waals surface area contributed by atoms with Crippen LogP contribution in [-0.2, 0) is 29.2 Å². The largest absolute Gasteiger partial charge is 0.485 e. The fraction of sp³-hybridized carbons (Fsp3) is 0.286. The lowest BCUT2D eigenvalue weighted by molar-refractivity contribution is -0.139. The molecule has 1 atom stereocenters. The maximum absolute atomic E-state index is 12.1. The Morgan fingerprint density at radius 3 is 1.86 bits per heavy atom. The monoisotopic (exact) mass is 477 g/mol. The van der Waals surface area contributed by atoms with E-state index in [1.54, 1.807) is 39.0 Å². The molecule has 0 bridgehead atoms. The van der Waals surface area contributed by atoms with Gasteiger partial charge in [0.15, 0.2) is 11.5 Å². The summed E-state index contributed by atoms with van der Waals surface area (Å²) in [7, 11) is 0. The van der Waals surface area contributed by atoms with Crippen LogP contribution in [0.2, 0.25) is 0 Å². The smallest absolute Gasteiger partial charge is 0.408 e. The zero-order valence-corrected chi connectivity index (χ0v) is 20.2. The first-order valence-electron chi connectivity index (χ1n) is 11.4. The second-order valence-corrected chi connectivity index (χ2v) is 9.07. The van der Waals surface area contributed by atoms with Gasteiger partial charge in [0, 0.05) is 6.42 Å². The summed E-state index contributed by atoms with van der Waals surface area (Å²) in [6.45, 7) is 5.83. The highest BCUT2D eigenvalue weighted by Crippen LogP contribution is 2.30. The number of ether oxygens (including phenoxy) is 3. The summed E-state index contributed by atoms with van der Waals surface area (Å²) in [4.78, 5) is 23.9. The van der Waals surface area contributed by atoms with Gasteiger partial charge in [-0.25, -0.2) is 9.59 Å². The van der Waals surface area contributed by atoms with Crippen molar-refractivity contribution in [3.05, 3.63) is 95.6 Å². The number of carbonyl (C=O) groups excluding carboxylic acids is 1. The number of nitrogens with one attached hydrogen (secondary N) is 1. The molecule has 2 N–H and O–H groups in total. The predicted octanol–water partition coefficient (Wildman–Crippen LogP) is 5.37. The Bertz CT molecular complexity index is 1110. The van der Waals surface area contributed by atoms with E-state index in [0.29, 0.717) is 30.3 Å². The average Bonchev–Trinajstić information content (AvgIpc) is 2.81. The van der Waals surface area contributed by atoms with Crippen LogP contribution < -0.4 is 14.8 Å². The molecule has 0 aliphatic heterocycles. The van der Waals surface area contributed by atoms with Crippen LogP contribution >= 0.6 is 0 Å². The van der Waals surface area contributed by atoms with Gasteiger partial charge in [0.1, 0.15) is 24.9 Å². The van der Waals surface area contributed by atoms with Gasteiger partial charge in [-0.15, -0.1) is 0 Å². The molecular weight excluding hydrogens is 446 g/mol. The third-order valence-electron chi connectivity index (χ3n) is 4.91. The molecule has 3 aromatic rings. The van der Waals surface area contributed by atoms with Crippen molar-refractivity contribution in [1.29, 1.82) is 0 Å². The van der Waals surface area contributed by atoms with Gasteiger partial charge < -0.3 is 24.6 Å². The van der Waals surface area contributed by atoms with Crippen molar-refractivity contribution in [3.63, 3.8) is 0 Å². The van der Waals surface area contributed by atoms with E-state index < -0.39 is 23.7 Å². The van der Waals surface area contributed by atoms with Crippen LogP contribution in [0.15, 0.2) is 78.9 Å². The van der Waals surface area contributed by atoms with Gasteiger partial charge >= 0.3 is 12.1 Å². The van der Waals surface area contributed by atoms with Gasteiger partial charge in [-0.2, -0.15) is 0 Å². The fourth-order valence-corrected chi connectivity index (χ4v) is 3.27. The number of aliphatic carboxylic acids is 1. The van der Waals surface area contributed by atoms with Crippen LogP contribution in [0.4, 0.5) is 4.79 Å². The number of hydrogen-bond donors (Lipinski definition) is 2. The van der Waals surface area contributed by atoms with Crippen molar-refractivity contribution in [2.24, 2.45) is 0 Å². The van der Waals surface area contributed by atoms with Gasteiger partial charge in [0.25, 0.3) is 0 Å². The van der Waals surface area contributed by atoms with Crippen LogP contribution in [0.3, 0.4) is 0 Å². The van der Waals surface area contributed by atoms with Crippen molar-refractivity contribution in [2.45, 2.75) is 52.0 Å². The van der Waals surface area contributed by atoms with E-state index >= 15 is 0 Å². The van der Waals surface area contributed by atoms with Crippen LogP contribution in [-0.4, -0.2) is 28.8 Å². The Morgan fingerprint density at radius 2 is 1.34 bits per heavy atom. The van der Waals surface area contributed by atoms with E-state index in [4.69, 9.17) is 14.2 Å². The topological polar surface area (TPSA) is 94.1 Å². The normalized spacial score (nSPS) is 11.9. The van der Waals surface area contributed by atoms with Gasteiger partial charge in [-0.05, 0) is 49.6 Å². The van der Waals surface area contributed by atoms with Gasteiger partial charge in [0.05, 0.1) is 0 Å². The highest BCUT2D eigenvalue weighted by atomic mass is 16.6. The van der Waals surface area contributed by atoms with Crippen molar-refractivity contribution >= 4 is 12.1 Å². The second kappa shape index (κ2) is 11.9. The highest BCUT2D eigenvalue weighted by Gasteiger charge is 2.24. The van der Waals surface area contributed by atoms with E-state index in [9.17, 15) is 14.7 Å². The lowest BCUT2D eigenvalue weighted by Crippen LogP contribution is -2.44. The van der Waals surface area contributed by atoms with E-state index in [0.717, 1.165) is 11.1 Å². The molecule has 184 valence electrons.